The van der Waals surface area contributed by atoms with Gasteiger partial charge in [0, 0.05) is 16.6 Å². The fourth-order valence-electron chi connectivity index (χ4n) is 2.04. The van der Waals surface area contributed by atoms with Crippen LogP contribution in [0.5, 0.6) is 0 Å². The van der Waals surface area contributed by atoms with E-state index in [1.165, 1.54) is 12.1 Å². The molecule has 0 fully saturated rings. The molecule has 1 N–H and O–H groups in total. The molecule has 0 amide bonds. The normalized spacial score (nSPS) is 13.8. The van der Waals surface area contributed by atoms with Gasteiger partial charge in [-0.2, -0.15) is 0 Å². The zero-order valence-electron chi connectivity index (χ0n) is 10.9. The van der Waals surface area contributed by atoms with Crippen LogP contribution < -0.4 is 0 Å². The number of nitro benzene ring substituents is 1. The fourth-order valence-corrected chi connectivity index (χ4v) is 2.54. The Morgan fingerprint density at radius 3 is 2.58 bits per heavy atom. The highest BCUT2D eigenvalue weighted by atomic mass is 79.9. The number of nitrogens with zero attached hydrogens (tertiary/aromatic N) is 1. The lowest BCUT2D eigenvalue weighted by molar-refractivity contribution is -0.384. The van der Waals surface area contributed by atoms with Crippen LogP contribution in [0.1, 0.15) is 32.3 Å². The molecule has 19 heavy (non-hydrogen) atoms. The van der Waals surface area contributed by atoms with Crippen LogP contribution in [0.3, 0.4) is 0 Å². The number of halogens is 1. The van der Waals surface area contributed by atoms with Crippen LogP contribution in [0.4, 0.5) is 5.69 Å². The number of rotatable bonds is 6. The van der Waals surface area contributed by atoms with Gasteiger partial charge in [0.25, 0.3) is 5.69 Å². The van der Waals surface area contributed by atoms with E-state index in [-0.39, 0.29) is 5.69 Å². The minimum Gasteiger partial charge on any atom is -0.481 e. The second kappa shape index (κ2) is 6.14. The summed E-state index contributed by atoms with van der Waals surface area (Å²) >= 11 is 3.27. The minimum absolute atomic E-state index is 0.0110. The Labute approximate surface area is 119 Å². The van der Waals surface area contributed by atoms with Crippen LogP contribution in [0.2, 0.25) is 0 Å². The zero-order chi connectivity index (χ0) is 14.6. The third kappa shape index (κ3) is 3.76. The topological polar surface area (TPSA) is 80.4 Å². The number of carboxylic acids is 1. The highest BCUT2D eigenvalue weighted by Crippen LogP contribution is 2.33. The molecule has 0 saturated heterocycles. The monoisotopic (exact) mass is 329 g/mol. The van der Waals surface area contributed by atoms with E-state index in [0.29, 0.717) is 17.3 Å². The first-order valence-electron chi connectivity index (χ1n) is 5.96. The summed E-state index contributed by atoms with van der Waals surface area (Å²) in [5.41, 5.74) is -0.0972. The van der Waals surface area contributed by atoms with Crippen LogP contribution in [-0.4, -0.2) is 16.0 Å². The molecule has 0 heterocycles. The molecule has 0 aliphatic carbocycles. The van der Waals surface area contributed by atoms with E-state index in [1.807, 2.05) is 6.92 Å². The quantitative estimate of drug-likeness (QED) is 0.635. The molecule has 0 spiro atoms. The van der Waals surface area contributed by atoms with E-state index in [0.717, 1.165) is 12.0 Å². The van der Waals surface area contributed by atoms with Crippen molar-refractivity contribution in [3.05, 3.63) is 38.3 Å². The van der Waals surface area contributed by atoms with Gasteiger partial charge in [-0.05, 0) is 25.3 Å². The van der Waals surface area contributed by atoms with Gasteiger partial charge in [-0.15, -0.1) is 0 Å². The average molecular weight is 330 g/mol. The van der Waals surface area contributed by atoms with Gasteiger partial charge in [-0.3, -0.25) is 14.9 Å². The smallest absolute Gasteiger partial charge is 0.309 e. The highest BCUT2D eigenvalue weighted by Gasteiger charge is 2.33. The number of aliphatic carboxylic acids is 1. The van der Waals surface area contributed by atoms with E-state index in [2.05, 4.69) is 15.9 Å². The summed E-state index contributed by atoms with van der Waals surface area (Å²) in [6, 6.07) is 4.41. The molecule has 1 unspecified atom stereocenters. The van der Waals surface area contributed by atoms with Crippen molar-refractivity contribution in [2.45, 2.75) is 33.1 Å². The summed E-state index contributed by atoms with van der Waals surface area (Å²) in [4.78, 5) is 21.6. The summed E-state index contributed by atoms with van der Waals surface area (Å²) in [6.07, 6.45) is 1.67. The number of carbonyl (C=O) groups is 1. The number of carboxylic acid groups (broad SMARTS) is 1. The zero-order valence-corrected chi connectivity index (χ0v) is 12.4. The largest absolute Gasteiger partial charge is 0.481 e. The van der Waals surface area contributed by atoms with E-state index >= 15 is 0 Å². The van der Waals surface area contributed by atoms with Gasteiger partial charge < -0.3 is 5.11 Å². The van der Waals surface area contributed by atoms with Gasteiger partial charge >= 0.3 is 5.97 Å². The minimum atomic E-state index is -0.854. The lowest BCUT2D eigenvalue weighted by atomic mass is 9.80. The molecule has 1 aromatic carbocycles. The van der Waals surface area contributed by atoms with Crippen molar-refractivity contribution < 1.29 is 14.8 Å². The van der Waals surface area contributed by atoms with E-state index < -0.39 is 16.3 Å². The van der Waals surface area contributed by atoms with Crippen LogP contribution >= 0.6 is 15.9 Å². The Morgan fingerprint density at radius 2 is 2.16 bits per heavy atom. The maximum absolute atomic E-state index is 11.4. The average Bonchev–Trinajstić information content (AvgIpc) is 2.31. The van der Waals surface area contributed by atoms with E-state index in [9.17, 15) is 20.0 Å². The van der Waals surface area contributed by atoms with Crippen LogP contribution in [0, 0.1) is 15.5 Å². The van der Waals surface area contributed by atoms with Crippen molar-refractivity contribution in [3.63, 3.8) is 0 Å². The molecule has 104 valence electrons. The molecule has 0 aliphatic heterocycles. The Bertz CT molecular complexity index is 503. The van der Waals surface area contributed by atoms with E-state index in [1.54, 1.807) is 13.0 Å². The van der Waals surface area contributed by atoms with Crippen LogP contribution in [0.25, 0.3) is 0 Å². The summed E-state index contributed by atoms with van der Waals surface area (Å²) in [5, 5.41) is 20.0. The van der Waals surface area contributed by atoms with Crippen molar-refractivity contribution in [1.82, 2.24) is 0 Å². The van der Waals surface area contributed by atoms with Gasteiger partial charge in [0.2, 0.25) is 0 Å². The third-order valence-corrected chi connectivity index (χ3v) is 3.88. The molecule has 1 aromatic rings. The molecule has 1 rings (SSSR count). The molecular formula is C13H16BrNO4. The number of benzene rings is 1. The fraction of sp³-hybridized carbons (Fsp3) is 0.462. The first-order chi connectivity index (χ1) is 8.80. The standard InChI is InChI=1S/C13H16BrNO4/c1-3-6-13(2,12(16)17)8-9-4-5-10(15(18)19)7-11(9)14/h4-5,7H,3,6,8H2,1-2H3,(H,16,17). The van der Waals surface area contributed by atoms with Gasteiger partial charge in [-0.1, -0.05) is 35.3 Å². The highest BCUT2D eigenvalue weighted by molar-refractivity contribution is 9.10. The van der Waals surface area contributed by atoms with Crippen molar-refractivity contribution in [2.24, 2.45) is 5.41 Å². The van der Waals surface area contributed by atoms with Gasteiger partial charge in [0.05, 0.1) is 10.3 Å². The number of hydrogen-bond donors (Lipinski definition) is 1. The maximum Gasteiger partial charge on any atom is 0.309 e. The second-order valence-corrected chi connectivity index (χ2v) is 5.68. The molecule has 0 bridgehead atoms. The summed E-state index contributed by atoms with van der Waals surface area (Å²) < 4.78 is 0.574. The van der Waals surface area contributed by atoms with Gasteiger partial charge in [-0.25, -0.2) is 0 Å². The number of nitro groups is 1. The van der Waals surface area contributed by atoms with Crippen molar-refractivity contribution in [3.8, 4) is 0 Å². The molecule has 1 atom stereocenters. The molecule has 0 radical (unpaired) electrons. The summed E-state index contributed by atoms with van der Waals surface area (Å²) in [7, 11) is 0. The molecule has 0 aliphatic rings. The molecule has 0 saturated carbocycles. The van der Waals surface area contributed by atoms with Crippen molar-refractivity contribution in [1.29, 1.82) is 0 Å². The van der Waals surface area contributed by atoms with Crippen molar-refractivity contribution in [2.75, 3.05) is 0 Å². The summed E-state index contributed by atoms with van der Waals surface area (Å²) in [5.74, 6) is -0.848. The van der Waals surface area contributed by atoms with Crippen LogP contribution in [0.15, 0.2) is 22.7 Å². The SMILES string of the molecule is CCCC(C)(Cc1ccc([N+](=O)[O-])cc1Br)C(=O)O. The maximum atomic E-state index is 11.4. The Balaban J connectivity index is 3.04. The van der Waals surface area contributed by atoms with Gasteiger partial charge in [0.1, 0.15) is 0 Å². The number of non-ortho nitro benzene ring substituents is 1. The third-order valence-electron chi connectivity index (χ3n) is 3.15. The predicted molar refractivity (Wildman–Crippen MR) is 75.2 cm³/mol. The molecule has 5 nitrogen and oxygen atoms in total. The van der Waals surface area contributed by atoms with E-state index in [4.69, 9.17) is 0 Å². The Kier molecular flexibility index (Phi) is 5.05. The molecular weight excluding hydrogens is 314 g/mol. The van der Waals surface area contributed by atoms with Gasteiger partial charge in [0.15, 0.2) is 0 Å². The first-order valence-corrected chi connectivity index (χ1v) is 6.75. The molecule has 0 aromatic heterocycles. The lowest BCUT2D eigenvalue weighted by Crippen LogP contribution is -2.30. The summed E-state index contributed by atoms with van der Waals surface area (Å²) in [6.45, 7) is 3.64. The van der Waals surface area contributed by atoms with Crippen molar-refractivity contribution >= 4 is 27.6 Å². The lowest BCUT2D eigenvalue weighted by Gasteiger charge is -2.24. The molecule has 6 heteroatoms. The van der Waals surface area contributed by atoms with Crippen LogP contribution in [-0.2, 0) is 11.2 Å². The predicted octanol–water partition coefficient (Wildman–Crippen LogP) is 3.79. The second-order valence-electron chi connectivity index (χ2n) is 4.83. The first kappa shape index (κ1) is 15.6. The Morgan fingerprint density at radius 1 is 1.53 bits per heavy atom. The Hall–Kier alpha value is -1.43. The number of hydrogen-bond acceptors (Lipinski definition) is 3.